The lowest BCUT2D eigenvalue weighted by molar-refractivity contribution is -0.130. The highest BCUT2D eigenvalue weighted by Gasteiger charge is 2.36. The van der Waals surface area contributed by atoms with Crippen LogP contribution in [0.25, 0.3) is 0 Å². The van der Waals surface area contributed by atoms with Crippen LogP contribution in [0.5, 0.6) is 0 Å². The summed E-state index contributed by atoms with van der Waals surface area (Å²) in [5.74, 6) is -0.0363. The Balaban J connectivity index is 1.42. The van der Waals surface area contributed by atoms with Crippen LogP contribution >= 0.6 is 0 Å². The fourth-order valence-corrected chi connectivity index (χ4v) is 5.30. The van der Waals surface area contributed by atoms with Crippen molar-refractivity contribution in [3.8, 4) is 0 Å². The zero-order valence-corrected chi connectivity index (χ0v) is 21.1. The summed E-state index contributed by atoms with van der Waals surface area (Å²) in [7, 11) is 0. The van der Waals surface area contributed by atoms with Gasteiger partial charge in [-0.05, 0) is 24.0 Å². The van der Waals surface area contributed by atoms with Crippen LogP contribution in [0.15, 0.2) is 108 Å². The van der Waals surface area contributed by atoms with Gasteiger partial charge in [-0.2, -0.15) is 0 Å². The first-order chi connectivity index (χ1) is 18.2. The lowest BCUT2D eigenvalue weighted by atomic mass is 9.94. The summed E-state index contributed by atoms with van der Waals surface area (Å²) in [5, 5.41) is 6.31. The van der Waals surface area contributed by atoms with E-state index in [-0.39, 0.29) is 23.9 Å². The molecular weight excluding hydrogens is 460 g/mol. The van der Waals surface area contributed by atoms with Gasteiger partial charge in [-0.3, -0.25) is 14.5 Å². The van der Waals surface area contributed by atoms with Gasteiger partial charge in [-0.1, -0.05) is 91.0 Å². The summed E-state index contributed by atoms with van der Waals surface area (Å²) >= 11 is 0. The van der Waals surface area contributed by atoms with Crippen molar-refractivity contribution < 1.29 is 9.59 Å². The maximum Gasteiger partial charge on any atom is 0.255 e. The molecule has 37 heavy (non-hydrogen) atoms. The number of dihydropyridines is 1. The van der Waals surface area contributed by atoms with E-state index >= 15 is 0 Å². The molecule has 1 aliphatic carbocycles. The quantitative estimate of drug-likeness (QED) is 0.616. The molecule has 3 aliphatic rings. The van der Waals surface area contributed by atoms with E-state index in [4.69, 9.17) is 0 Å². The molecule has 2 amide bonds. The molecule has 2 aromatic rings. The predicted molar refractivity (Wildman–Crippen MR) is 146 cm³/mol. The molecule has 0 spiro atoms. The summed E-state index contributed by atoms with van der Waals surface area (Å²) in [4.78, 5) is 30.7. The number of rotatable bonds is 7. The number of amides is 2. The monoisotopic (exact) mass is 494 g/mol. The Hall–Kier alpha value is -3.90. The van der Waals surface area contributed by atoms with Gasteiger partial charge in [0.1, 0.15) is 0 Å². The molecule has 6 heteroatoms. The third-order valence-electron chi connectivity index (χ3n) is 7.17. The Kier molecular flexibility index (Phi) is 7.96. The summed E-state index contributed by atoms with van der Waals surface area (Å²) in [6.07, 6.45) is 13.5. The van der Waals surface area contributed by atoms with Crippen LogP contribution in [-0.4, -0.2) is 60.4 Å². The number of allylic oxidation sites excluding steroid dienone is 2. The van der Waals surface area contributed by atoms with Gasteiger partial charge in [-0.15, -0.1) is 0 Å². The van der Waals surface area contributed by atoms with Gasteiger partial charge in [-0.25, -0.2) is 0 Å². The SMILES string of the molecule is O=C(NCC1CN(C(=O)C2=CNCC=C2)CCN1C(c1ccccc1)c1ccccc1)C1=CCCC=C1. The Morgan fingerprint density at radius 2 is 1.59 bits per heavy atom. The Labute approximate surface area is 219 Å². The van der Waals surface area contributed by atoms with Crippen LogP contribution in [0.4, 0.5) is 0 Å². The molecule has 2 heterocycles. The lowest BCUT2D eigenvalue weighted by Gasteiger charge is -2.45. The zero-order valence-electron chi connectivity index (χ0n) is 21.1. The van der Waals surface area contributed by atoms with E-state index in [1.54, 1.807) is 6.20 Å². The molecule has 2 aliphatic heterocycles. The molecule has 1 saturated heterocycles. The third kappa shape index (κ3) is 5.92. The molecule has 190 valence electrons. The molecule has 1 unspecified atom stereocenters. The van der Waals surface area contributed by atoms with Crippen LogP contribution < -0.4 is 10.6 Å². The fourth-order valence-electron chi connectivity index (χ4n) is 5.30. The number of carbonyl (C=O) groups is 2. The Morgan fingerprint density at radius 3 is 2.22 bits per heavy atom. The topological polar surface area (TPSA) is 64.7 Å². The van der Waals surface area contributed by atoms with Crippen LogP contribution in [0.1, 0.15) is 30.0 Å². The highest BCUT2D eigenvalue weighted by atomic mass is 16.2. The summed E-state index contributed by atoms with van der Waals surface area (Å²) < 4.78 is 0. The number of hydrogen-bond acceptors (Lipinski definition) is 4. The average molecular weight is 495 g/mol. The number of carbonyl (C=O) groups excluding carboxylic acids is 2. The molecule has 0 bridgehead atoms. The number of hydrogen-bond donors (Lipinski definition) is 2. The van der Waals surface area contributed by atoms with Gasteiger partial charge in [0.05, 0.1) is 11.6 Å². The van der Waals surface area contributed by atoms with Crippen molar-refractivity contribution >= 4 is 11.8 Å². The molecule has 0 saturated carbocycles. The van der Waals surface area contributed by atoms with E-state index in [0.29, 0.717) is 37.3 Å². The zero-order chi connectivity index (χ0) is 25.5. The molecule has 2 aromatic carbocycles. The van der Waals surface area contributed by atoms with Crippen LogP contribution in [0.3, 0.4) is 0 Å². The largest absolute Gasteiger partial charge is 0.387 e. The third-order valence-corrected chi connectivity index (χ3v) is 7.17. The first-order valence-corrected chi connectivity index (χ1v) is 13.1. The summed E-state index contributed by atoms with van der Waals surface area (Å²) in [6.45, 7) is 3.05. The normalized spacial score (nSPS) is 19.7. The van der Waals surface area contributed by atoms with E-state index < -0.39 is 0 Å². The molecule has 1 fully saturated rings. The second-order valence-electron chi connectivity index (χ2n) is 9.63. The Morgan fingerprint density at radius 1 is 0.892 bits per heavy atom. The smallest absolute Gasteiger partial charge is 0.255 e. The first kappa shape index (κ1) is 24.8. The lowest BCUT2D eigenvalue weighted by Crippen LogP contribution is -2.59. The second kappa shape index (κ2) is 11.9. The molecule has 1 atom stereocenters. The van der Waals surface area contributed by atoms with Crippen molar-refractivity contribution in [1.29, 1.82) is 0 Å². The maximum absolute atomic E-state index is 13.3. The minimum Gasteiger partial charge on any atom is -0.387 e. The number of nitrogens with one attached hydrogen (secondary N) is 2. The van der Waals surface area contributed by atoms with Crippen LogP contribution in [0.2, 0.25) is 0 Å². The van der Waals surface area contributed by atoms with Gasteiger partial charge >= 0.3 is 0 Å². The number of benzene rings is 2. The number of nitrogens with zero attached hydrogens (tertiary/aromatic N) is 2. The second-order valence-corrected chi connectivity index (χ2v) is 9.63. The van der Waals surface area contributed by atoms with E-state index in [0.717, 1.165) is 19.4 Å². The van der Waals surface area contributed by atoms with Gasteiger partial charge < -0.3 is 15.5 Å². The van der Waals surface area contributed by atoms with Crippen molar-refractivity contribution in [3.05, 3.63) is 120 Å². The summed E-state index contributed by atoms with van der Waals surface area (Å²) in [6, 6.07) is 20.9. The molecule has 0 radical (unpaired) electrons. The van der Waals surface area contributed by atoms with Crippen molar-refractivity contribution in [2.75, 3.05) is 32.7 Å². The van der Waals surface area contributed by atoms with Crippen LogP contribution in [-0.2, 0) is 9.59 Å². The predicted octanol–water partition coefficient (Wildman–Crippen LogP) is 3.72. The molecular formula is C31H34N4O2. The van der Waals surface area contributed by atoms with E-state index in [1.807, 2.05) is 47.4 Å². The first-order valence-electron chi connectivity index (χ1n) is 13.1. The minimum atomic E-state index is -0.0579. The number of piperazine rings is 1. The minimum absolute atomic E-state index is 0.0193. The van der Waals surface area contributed by atoms with Crippen molar-refractivity contribution in [2.45, 2.75) is 24.9 Å². The van der Waals surface area contributed by atoms with E-state index in [9.17, 15) is 9.59 Å². The summed E-state index contributed by atoms with van der Waals surface area (Å²) in [5.41, 5.74) is 3.78. The molecule has 5 rings (SSSR count). The van der Waals surface area contributed by atoms with Gasteiger partial charge in [0, 0.05) is 50.5 Å². The van der Waals surface area contributed by atoms with E-state index in [2.05, 4.69) is 64.1 Å². The van der Waals surface area contributed by atoms with Gasteiger partial charge in [0.2, 0.25) is 0 Å². The van der Waals surface area contributed by atoms with Crippen molar-refractivity contribution in [3.63, 3.8) is 0 Å². The van der Waals surface area contributed by atoms with Crippen LogP contribution in [0, 0.1) is 0 Å². The van der Waals surface area contributed by atoms with E-state index in [1.165, 1.54) is 11.1 Å². The molecule has 6 nitrogen and oxygen atoms in total. The van der Waals surface area contributed by atoms with Crippen molar-refractivity contribution in [2.24, 2.45) is 0 Å². The van der Waals surface area contributed by atoms with Gasteiger partial charge in [0.15, 0.2) is 0 Å². The highest BCUT2D eigenvalue weighted by Crippen LogP contribution is 2.32. The van der Waals surface area contributed by atoms with Crippen molar-refractivity contribution in [1.82, 2.24) is 20.4 Å². The maximum atomic E-state index is 13.3. The highest BCUT2D eigenvalue weighted by molar-refractivity contribution is 5.97. The fraction of sp³-hybridized carbons (Fsp3) is 0.290. The molecule has 2 N–H and O–H groups in total. The standard InChI is InChI=1S/C31H34N4O2/c36-30(26-15-8-3-9-16-26)33-22-28-23-34(31(37)27-17-10-18-32-21-27)19-20-35(28)29(24-11-4-1-5-12-24)25-13-6-2-7-14-25/h1-2,4-8,10-17,21,28-29,32H,3,9,18-20,22-23H2,(H,33,36). The Bertz CT molecular complexity index is 1180. The van der Waals surface area contributed by atoms with Gasteiger partial charge in [0.25, 0.3) is 11.8 Å². The molecule has 0 aromatic heterocycles. The average Bonchev–Trinajstić information content (AvgIpc) is 2.98.